The van der Waals surface area contributed by atoms with E-state index >= 15 is 0 Å². The summed E-state index contributed by atoms with van der Waals surface area (Å²) in [6.07, 6.45) is 2.13. The number of thioether (sulfide) groups is 1. The molecule has 0 saturated carbocycles. The predicted molar refractivity (Wildman–Crippen MR) is 80.4 cm³/mol. The summed E-state index contributed by atoms with van der Waals surface area (Å²) in [6.45, 7) is 8.66. The molecule has 2 unspecified atom stereocenters. The zero-order chi connectivity index (χ0) is 14.5. The summed E-state index contributed by atoms with van der Waals surface area (Å²) in [5.74, 6) is 0. The Kier molecular flexibility index (Phi) is 5.68. The van der Waals surface area contributed by atoms with Crippen LogP contribution in [0.3, 0.4) is 0 Å². The van der Waals surface area contributed by atoms with E-state index in [9.17, 15) is 4.79 Å². The minimum Gasteiger partial charge on any atom is -0.380 e. The van der Waals surface area contributed by atoms with Gasteiger partial charge in [0.1, 0.15) is 0 Å². The monoisotopic (exact) mass is 300 g/mol. The maximum absolute atomic E-state index is 11.8. The van der Waals surface area contributed by atoms with E-state index in [4.69, 9.17) is 4.74 Å². The lowest BCUT2D eigenvalue weighted by Gasteiger charge is -2.31. The topological polar surface area (TPSA) is 71.9 Å². The SMILES string of the molecule is CCCNC1CCOCC1Sc1n[nH]c(=O)n1C(C)C. The van der Waals surface area contributed by atoms with Gasteiger partial charge in [-0.3, -0.25) is 4.57 Å². The summed E-state index contributed by atoms with van der Waals surface area (Å²) in [7, 11) is 0. The Morgan fingerprint density at radius 3 is 3.10 bits per heavy atom. The molecule has 2 atom stereocenters. The number of rotatable bonds is 6. The second-order valence-electron chi connectivity index (χ2n) is 5.36. The molecule has 6 nitrogen and oxygen atoms in total. The first-order valence-corrected chi connectivity index (χ1v) is 8.16. The second kappa shape index (κ2) is 7.28. The minimum atomic E-state index is -0.141. The zero-order valence-corrected chi connectivity index (χ0v) is 13.2. The first kappa shape index (κ1) is 15.6. The number of hydrogen-bond acceptors (Lipinski definition) is 5. The van der Waals surface area contributed by atoms with Gasteiger partial charge in [0.15, 0.2) is 5.16 Å². The van der Waals surface area contributed by atoms with Gasteiger partial charge in [-0.05, 0) is 33.2 Å². The van der Waals surface area contributed by atoms with E-state index in [0.29, 0.717) is 17.9 Å². The highest BCUT2D eigenvalue weighted by atomic mass is 32.2. The molecule has 114 valence electrons. The third-order valence-corrected chi connectivity index (χ3v) is 4.67. The van der Waals surface area contributed by atoms with Crippen LogP contribution in [0.25, 0.3) is 0 Å². The molecule has 1 fully saturated rings. The summed E-state index contributed by atoms with van der Waals surface area (Å²) in [5.41, 5.74) is -0.141. The van der Waals surface area contributed by atoms with Gasteiger partial charge in [0.05, 0.1) is 11.9 Å². The van der Waals surface area contributed by atoms with Crippen molar-refractivity contribution in [3.05, 3.63) is 10.5 Å². The molecule has 0 radical (unpaired) electrons. The van der Waals surface area contributed by atoms with E-state index in [1.54, 1.807) is 16.3 Å². The second-order valence-corrected chi connectivity index (χ2v) is 6.56. The van der Waals surface area contributed by atoms with E-state index < -0.39 is 0 Å². The number of aromatic nitrogens is 3. The van der Waals surface area contributed by atoms with E-state index in [2.05, 4.69) is 22.4 Å². The lowest BCUT2D eigenvalue weighted by atomic mass is 10.1. The molecule has 1 saturated heterocycles. The van der Waals surface area contributed by atoms with Gasteiger partial charge in [0, 0.05) is 18.7 Å². The molecule has 7 heteroatoms. The highest BCUT2D eigenvalue weighted by molar-refractivity contribution is 7.99. The zero-order valence-electron chi connectivity index (χ0n) is 12.4. The Bertz CT molecular complexity index is 471. The Hall–Kier alpha value is -0.790. The highest BCUT2D eigenvalue weighted by Gasteiger charge is 2.28. The van der Waals surface area contributed by atoms with Crippen LogP contribution in [-0.2, 0) is 4.74 Å². The fourth-order valence-electron chi connectivity index (χ4n) is 2.36. The first-order valence-electron chi connectivity index (χ1n) is 7.28. The third kappa shape index (κ3) is 3.65. The number of aromatic amines is 1. The summed E-state index contributed by atoms with van der Waals surface area (Å²) >= 11 is 1.63. The van der Waals surface area contributed by atoms with Gasteiger partial charge in [-0.2, -0.15) is 0 Å². The molecule has 0 spiro atoms. The molecule has 2 heterocycles. The van der Waals surface area contributed by atoms with Gasteiger partial charge in [0.2, 0.25) is 0 Å². The van der Waals surface area contributed by atoms with Crippen molar-refractivity contribution in [1.29, 1.82) is 0 Å². The van der Waals surface area contributed by atoms with E-state index in [1.165, 1.54) is 0 Å². The van der Waals surface area contributed by atoms with Crippen LogP contribution in [0.1, 0.15) is 39.7 Å². The summed E-state index contributed by atoms with van der Waals surface area (Å²) in [5, 5.41) is 11.3. The molecule has 1 aliphatic rings. The van der Waals surface area contributed by atoms with Crippen LogP contribution in [0.5, 0.6) is 0 Å². The average Bonchev–Trinajstić information content (AvgIpc) is 2.79. The Labute approximate surface area is 123 Å². The van der Waals surface area contributed by atoms with Gasteiger partial charge in [0.25, 0.3) is 0 Å². The molecule has 20 heavy (non-hydrogen) atoms. The normalized spacial score (nSPS) is 23.4. The molecule has 0 aromatic carbocycles. The van der Waals surface area contributed by atoms with Crippen molar-refractivity contribution < 1.29 is 4.74 Å². The number of H-pyrrole nitrogens is 1. The van der Waals surface area contributed by atoms with Crippen molar-refractivity contribution in [2.45, 2.75) is 56.1 Å². The number of ether oxygens (including phenoxy) is 1. The Balaban J connectivity index is 2.08. The van der Waals surface area contributed by atoms with Crippen LogP contribution in [0.15, 0.2) is 9.95 Å². The summed E-state index contributed by atoms with van der Waals surface area (Å²) in [6, 6.07) is 0.524. The first-order chi connectivity index (χ1) is 9.63. The maximum atomic E-state index is 11.8. The molecule has 2 N–H and O–H groups in total. The number of nitrogens with one attached hydrogen (secondary N) is 2. The van der Waals surface area contributed by atoms with Gasteiger partial charge < -0.3 is 10.1 Å². The summed E-state index contributed by atoms with van der Waals surface area (Å²) in [4.78, 5) is 11.8. The van der Waals surface area contributed by atoms with Gasteiger partial charge in [-0.15, -0.1) is 5.10 Å². The van der Waals surface area contributed by atoms with Crippen LogP contribution in [-0.4, -0.2) is 45.8 Å². The molecule has 1 aliphatic heterocycles. The Morgan fingerprint density at radius 2 is 2.40 bits per heavy atom. The number of nitrogens with zero attached hydrogens (tertiary/aromatic N) is 2. The van der Waals surface area contributed by atoms with Crippen molar-refractivity contribution in [3.63, 3.8) is 0 Å². The lowest BCUT2D eigenvalue weighted by molar-refractivity contribution is 0.0832. The molecule has 1 aromatic rings. The van der Waals surface area contributed by atoms with Crippen LogP contribution < -0.4 is 11.0 Å². The van der Waals surface area contributed by atoms with Crippen molar-refractivity contribution in [3.8, 4) is 0 Å². The van der Waals surface area contributed by atoms with Crippen LogP contribution in [0.2, 0.25) is 0 Å². The van der Waals surface area contributed by atoms with E-state index in [0.717, 1.165) is 31.1 Å². The van der Waals surface area contributed by atoms with Crippen LogP contribution in [0.4, 0.5) is 0 Å². The van der Waals surface area contributed by atoms with E-state index in [-0.39, 0.29) is 11.7 Å². The highest BCUT2D eigenvalue weighted by Crippen LogP contribution is 2.28. The molecule has 0 bridgehead atoms. The van der Waals surface area contributed by atoms with E-state index in [1.807, 2.05) is 13.8 Å². The fourth-order valence-corrected chi connectivity index (χ4v) is 3.69. The van der Waals surface area contributed by atoms with Crippen molar-refractivity contribution in [2.75, 3.05) is 19.8 Å². The quantitative estimate of drug-likeness (QED) is 0.831. The lowest BCUT2D eigenvalue weighted by Crippen LogP contribution is -2.45. The average molecular weight is 300 g/mol. The third-order valence-electron chi connectivity index (χ3n) is 3.41. The molecule has 0 aliphatic carbocycles. The minimum absolute atomic E-state index is 0.107. The molecule has 2 rings (SSSR count). The standard InChI is InChI=1S/C13H24N4O2S/c1-4-6-14-10-5-7-19-8-11(10)20-13-16-15-12(18)17(13)9(2)3/h9-11,14H,4-8H2,1-3H3,(H,15,18). The van der Waals surface area contributed by atoms with Gasteiger partial charge in [-0.25, -0.2) is 9.89 Å². The largest absolute Gasteiger partial charge is 0.380 e. The van der Waals surface area contributed by atoms with Gasteiger partial charge >= 0.3 is 5.69 Å². The van der Waals surface area contributed by atoms with Crippen LogP contribution in [0, 0.1) is 0 Å². The smallest absolute Gasteiger partial charge is 0.344 e. The molecule has 1 aromatic heterocycles. The van der Waals surface area contributed by atoms with Crippen molar-refractivity contribution in [1.82, 2.24) is 20.1 Å². The molecule has 0 amide bonds. The van der Waals surface area contributed by atoms with Crippen LogP contribution >= 0.6 is 11.8 Å². The maximum Gasteiger partial charge on any atom is 0.344 e. The number of hydrogen-bond donors (Lipinski definition) is 2. The van der Waals surface area contributed by atoms with Crippen molar-refractivity contribution >= 4 is 11.8 Å². The Morgan fingerprint density at radius 1 is 1.60 bits per heavy atom. The predicted octanol–water partition coefficient (Wildman–Crippen LogP) is 1.40. The summed E-state index contributed by atoms with van der Waals surface area (Å²) < 4.78 is 7.29. The fraction of sp³-hybridized carbons (Fsp3) is 0.846. The molecular weight excluding hydrogens is 276 g/mol. The van der Waals surface area contributed by atoms with Gasteiger partial charge in [-0.1, -0.05) is 18.7 Å². The molecular formula is C13H24N4O2S. The van der Waals surface area contributed by atoms with Crippen molar-refractivity contribution in [2.24, 2.45) is 0 Å².